The second-order valence-corrected chi connectivity index (χ2v) is 5.83. The average Bonchev–Trinajstić information content (AvgIpc) is 2.96. The standard InChI is InChI=1S/C18H18F3N/c19-18(20,21)17-8-6-15(7-9-17)16-10-11-22(13-16)12-14-4-2-1-3-5-14/h1-9,16H,10-13H2. The van der Waals surface area contributed by atoms with E-state index in [1.807, 2.05) is 18.2 Å². The first-order valence-electron chi connectivity index (χ1n) is 7.46. The lowest BCUT2D eigenvalue weighted by Gasteiger charge is -2.16. The van der Waals surface area contributed by atoms with Crippen LogP contribution >= 0.6 is 0 Å². The largest absolute Gasteiger partial charge is 0.416 e. The lowest BCUT2D eigenvalue weighted by Crippen LogP contribution is -2.19. The van der Waals surface area contributed by atoms with Crippen LogP contribution in [0.5, 0.6) is 0 Å². The van der Waals surface area contributed by atoms with E-state index in [9.17, 15) is 13.2 Å². The van der Waals surface area contributed by atoms with Crippen molar-refractivity contribution < 1.29 is 13.2 Å². The molecular weight excluding hydrogens is 287 g/mol. The van der Waals surface area contributed by atoms with Gasteiger partial charge in [-0.05, 0) is 42.1 Å². The lowest BCUT2D eigenvalue weighted by molar-refractivity contribution is -0.137. The molecule has 0 spiro atoms. The predicted octanol–water partition coefficient (Wildman–Crippen LogP) is 4.69. The molecule has 0 saturated carbocycles. The van der Waals surface area contributed by atoms with E-state index in [2.05, 4.69) is 17.0 Å². The Labute approximate surface area is 128 Å². The Kier molecular flexibility index (Phi) is 4.21. The van der Waals surface area contributed by atoms with Gasteiger partial charge < -0.3 is 0 Å². The molecule has 116 valence electrons. The molecule has 1 saturated heterocycles. The van der Waals surface area contributed by atoms with Crippen molar-refractivity contribution in [2.24, 2.45) is 0 Å². The number of alkyl halides is 3. The zero-order valence-corrected chi connectivity index (χ0v) is 12.2. The topological polar surface area (TPSA) is 3.24 Å². The van der Waals surface area contributed by atoms with E-state index in [4.69, 9.17) is 0 Å². The van der Waals surface area contributed by atoms with Crippen LogP contribution in [-0.4, -0.2) is 18.0 Å². The Balaban J connectivity index is 1.63. The van der Waals surface area contributed by atoms with Crippen LogP contribution in [0.1, 0.15) is 29.0 Å². The fraction of sp³-hybridized carbons (Fsp3) is 0.333. The van der Waals surface area contributed by atoms with Crippen molar-refractivity contribution in [1.29, 1.82) is 0 Å². The number of benzene rings is 2. The summed E-state index contributed by atoms with van der Waals surface area (Å²) in [6.07, 6.45) is -3.26. The van der Waals surface area contributed by atoms with Crippen LogP contribution in [-0.2, 0) is 12.7 Å². The van der Waals surface area contributed by atoms with Gasteiger partial charge in [-0.15, -0.1) is 0 Å². The van der Waals surface area contributed by atoms with Gasteiger partial charge in [0.2, 0.25) is 0 Å². The number of rotatable bonds is 3. The van der Waals surface area contributed by atoms with Crippen molar-refractivity contribution in [3.63, 3.8) is 0 Å². The zero-order valence-electron chi connectivity index (χ0n) is 12.2. The van der Waals surface area contributed by atoms with Crippen LogP contribution in [0, 0.1) is 0 Å². The number of likely N-dealkylation sites (tertiary alicyclic amines) is 1. The van der Waals surface area contributed by atoms with E-state index in [-0.39, 0.29) is 0 Å². The maximum Gasteiger partial charge on any atom is 0.416 e. The van der Waals surface area contributed by atoms with Gasteiger partial charge in [0.25, 0.3) is 0 Å². The van der Waals surface area contributed by atoms with Gasteiger partial charge in [0.15, 0.2) is 0 Å². The number of hydrogen-bond acceptors (Lipinski definition) is 1. The molecule has 2 aromatic carbocycles. The van der Waals surface area contributed by atoms with E-state index < -0.39 is 11.7 Å². The normalized spacial score (nSPS) is 19.5. The third-order valence-electron chi connectivity index (χ3n) is 4.23. The van der Waals surface area contributed by atoms with Gasteiger partial charge >= 0.3 is 6.18 Å². The average molecular weight is 305 g/mol. The monoisotopic (exact) mass is 305 g/mol. The molecule has 1 fully saturated rings. The molecule has 0 amide bonds. The van der Waals surface area contributed by atoms with Gasteiger partial charge in [0.05, 0.1) is 5.56 Å². The first kappa shape index (κ1) is 15.1. The summed E-state index contributed by atoms with van der Waals surface area (Å²) in [4.78, 5) is 2.36. The SMILES string of the molecule is FC(F)(F)c1ccc(C2CCN(Cc3ccccc3)C2)cc1. The highest BCUT2D eigenvalue weighted by Gasteiger charge is 2.31. The van der Waals surface area contributed by atoms with Crippen LogP contribution in [0.2, 0.25) is 0 Å². The Morgan fingerprint density at radius 1 is 0.955 bits per heavy atom. The Morgan fingerprint density at radius 2 is 1.64 bits per heavy atom. The minimum absolute atomic E-state index is 0.325. The van der Waals surface area contributed by atoms with E-state index >= 15 is 0 Å². The van der Waals surface area contributed by atoms with Crippen molar-refractivity contribution in [1.82, 2.24) is 4.90 Å². The van der Waals surface area contributed by atoms with Crippen molar-refractivity contribution in [3.05, 3.63) is 71.3 Å². The van der Waals surface area contributed by atoms with Gasteiger partial charge in [-0.25, -0.2) is 0 Å². The molecule has 0 aromatic heterocycles. The summed E-state index contributed by atoms with van der Waals surface area (Å²) in [7, 11) is 0. The molecule has 4 heteroatoms. The van der Waals surface area contributed by atoms with E-state index in [1.165, 1.54) is 17.7 Å². The number of nitrogens with zero attached hydrogens (tertiary/aromatic N) is 1. The molecule has 0 radical (unpaired) electrons. The molecule has 0 aliphatic carbocycles. The van der Waals surface area contributed by atoms with Gasteiger partial charge in [-0.2, -0.15) is 13.2 Å². The Hall–Kier alpha value is -1.81. The molecule has 0 N–H and O–H groups in total. The Bertz CT molecular complexity index is 604. The van der Waals surface area contributed by atoms with Crippen molar-refractivity contribution >= 4 is 0 Å². The van der Waals surface area contributed by atoms with Crippen molar-refractivity contribution in [2.45, 2.75) is 25.1 Å². The van der Waals surface area contributed by atoms with Crippen LogP contribution in [0.4, 0.5) is 13.2 Å². The van der Waals surface area contributed by atoms with Crippen molar-refractivity contribution in [2.75, 3.05) is 13.1 Å². The highest BCUT2D eigenvalue weighted by molar-refractivity contribution is 5.28. The van der Waals surface area contributed by atoms with Crippen LogP contribution < -0.4 is 0 Å². The minimum atomic E-state index is -4.26. The summed E-state index contributed by atoms with van der Waals surface area (Å²) in [5.41, 5.74) is 1.70. The third kappa shape index (κ3) is 3.50. The summed E-state index contributed by atoms with van der Waals surface area (Å²) in [6.45, 7) is 2.79. The number of hydrogen-bond donors (Lipinski definition) is 0. The molecular formula is C18H18F3N. The summed E-state index contributed by atoms with van der Waals surface area (Å²) in [6, 6.07) is 15.9. The van der Waals surface area contributed by atoms with Crippen LogP contribution in [0.3, 0.4) is 0 Å². The maximum absolute atomic E-state index is 12.6. The third-order valence-corrected chi connectivity index (χ3v) is 4.23. The lowest BCUT2D eigenvalue weighted by atomic mass is 9.97. The fourth-order valence-electron chi connectivity index (χ4n) is 3.03. The molecule has 1 aliphatic rings. The molecule has 1 aliphatic heterocycles. The quantitative estimate of drug-likeness (QED) is 0.795. The summed E-state index contributed by atoms with van der Waals surface area (Å²) in [5.74, 6) is 0.325. The first-order chi connectivity index (χ1) is 10.5. The molecule has 1 atom stereocenters. The van der Waals surface area contributed by atoms with Gasteiger partial charge in [0, 0.05) is 13.1 Å². The second kappa shape index (κ2) is 6.13. The second-order valence-electron chi connectivity index (χ2n) is 5.83. The van der Waals surface area contributed by atoms with Crippen LogP contribution in [0.15, 0.2) is 54.6 Å². The van der Waals surface area contributed by atoms with E-state index in [0.29, 0.717) is 5.92 Å². The smallest absolute Gasteiger partial charge is 0.298 e. The predicted molar refractivity (Wildman–Crippen MR) is 80.5 cm³/mol. The maximum atomic E-state index is 12.6. The highest BCUT2D eigenvalue weighted by atomic mass is 19.4. The van der Waals surface area contributed by atoms with Gasteiger partial charge in [0.1, 0.15) is 0 Å². The first-order valence-corrected chi connectivity index (χ1v) is 7.46. The molecule has 0 bridgehead atoms. The molecule has 1 unspecified atom stereocenters. The molecule has 1 nitrogen and oxygen atoms in total. The van der Waals surface area contributed by atoms with Crippen molar-refractivity contribution in [3.8, 4) is 0 Å². The zero-order chi connectivity index (χ0) is 15.6. The molecule has 2 aromatic rings. The molecule has 3 rings (SSSR count). The molecule has 22 heavy (non-hydrogen) atoms. The van der Waals surface area contributed by atoms with E-state index in [0.717, 1.165) is 31.6 Å². The Morgan fingerprint density at radius 3 is 2.27 bits per heavy atom. The number of halogens is 3. The van der Waals surface area contributed by atoms with Gasteiger partial charge in [-0.1, -0.05) is 42.5 Å². The highest BCUT2D eigenvalue weighted by Crippen LogP contribution is 2.32. The minimum Gasteiger partial charge on any atom is -0.298 e. The van der Waals surface area contributed by atoms with Crippen LogP contribution in [0.25, 0.3) is 0 Å². The van der Waals surface area contributed by atoms with Gasteiger partial charge in [-0.3, -0.25) is 4.90 Å². The summed E-state index contributed by atoms with van der Waals surface area (Å²) < 4.78 is 37.8. The summed E-state index contributed by atoms with van der Waals surface area (Å²) in [5, 5.41) is 0. The fourth-order valence-corrected chi connectivity index (χ4v) is 3.03. The molecule has 1 heterocycles. The summed E-state index contributed by atoms with van der Waals surface area (Å²) >= 11 is 0. The van der Waals surface area contributed by atoms with E-state index in [1.54, 1.807) is 12.1 Å².